The minimum Gasteiger partial charge on any atom is -0.468 e. The summed E-state index contributed by atoms with van der Waals surface area (Å²) in [7, 11) is 0.739. The van der Waals surface area contributed by atoms with E-state index >= 15 is 0 Å². The summed E-state index contributed by atoms with van der Waals surface area (Å²) in [6.07, 6.45) is 0.696. The second kappa shape index (κ2) is 18.4. The van der Waals surface area contributed by atoms with Crippen LogP contribution in [0.1, 0.15) is 70.9 Å². The lowest BCUT2D eigenvalue weighted by molar-refractivity contribution is -0.145. The number of esters is 1. The number of amides is 2. The first-order valence-electron chi connectivity index (χ1n) is 16.6. The van der Waals surface area contributed by atoms with Crippen LogP contribution in [0.5, 0.6) is 0 Å². The van der Waals surface area contributed by atoms with Crippen LogP contribution in [-0.4, -0.2) is 72.4 Å². The molecule has 47 heavy (non-hydrogen) atoms. The molecule has 0 aliphatic heterocycles. The highest BCUT2D eigenvalue weighted by Crippen LogP contribution is 2.20. The zero-order valence-electron chi connectivity index (χ0n) is 29.1. The number of methoxy groups -OCH3 is 1. The van der Waals surface area contributed by atoms with E-state index in [2.05, 4.69) is 43.3 Å². The van der Waals surface area contributed by atoms with Crippen molar-refractivity contribution in [1.29, 1.82) is 0 Å². The number of nitrogens with one attached hydrogen (secondary N) is 2. The fourth-order valence-electron chi connectivity index (χ4n) is 5.42. The number of carbonyl (C=O) groups excluding carboxylic acids is 3. The predicted octanol–water partition coefficient (Wildman–Crippen LogP) is 5.59. The number of pyridine rings is 1. The van der Waals surface area contributed by atoms with Gasteiger partial charge in [-0.2, -0.15) is 0 Å². The van der Waals surface area contributed by atoms with E-state index in [0.29, 0.717) is 18.7 Å². The molecule has 0 radical (unpaired) electrons. The Kier molecular flexibility index (Phi) is 14.6. The monoisotopic (exact) mass is 642 g/mol. The number of rotatable bonds is 17. The molecule has 2 aromatic carbocycles. The summed E-state index contributed by atoms with van der Waals surface area (Å²) in [4.78, 5) is 47.2. The maximum atomic E-state index is 14.3. The maximum Gasteiger partial charge on any atom is 0.407 e. The Morgan fingerprint density at radius 3 is 2.06 bits per heavy atom. The maximum absolute atomic E-state index is 14.3. The predicted molar refractivity (Wildman–Crippen MR) is 187 cm³/mol. The number of hydrogen-bond acceptors (Lipinski definition) is 7. The van der Waals surface area contributed by atoms with Gasteiger partial charge in [0.05, 0.1) is 24.8 Å². The van der Waals surface area contributed by atoms with Gasteiger partial charge in [0.15, 0.2) is 0 Å². The summed E-state index contributed by atoms with van der Waals surface area (Å²) in [5.74, 6) is -1.28. The average molecular weight is 643 g/mol. The summed E-state index contributed by atoms with van der Waals surface area (Å²) >= 11 is 0. The third-order valence-electron chi connectivity index (χ3n) is 8.38. The molecule has 0 aliphatic rings. The van der Waals surface area contributed by atoms with E-state index in [1.807, 2.05) is 85.4 Å². The molecule has 0 saturated heterocycles. The summed E-state index contributed by atoms with van der Waals surface area (Å²) in [6, 6.07) is 23.0. The highest BCUT2D eigenvalue weighted by molar-refractivity contribution is 6.51. The van der Waals surface area contributed by atoms with E-state index in [1.165, 1.54) is 7.11 Å². The van der Waals surface area contributed by atoms with E-state index in [9.17, 15) is 14.4 Å². The van der Waals surface area contributed by atoms with Crippen LogP contribution in [0.15, 0.2) is 78.9 Å². The van der Waals surface area contributed by atoms with E-state index in [-0.39, 0.29) is 41.9 Å². The third kappa shape index (κ3) is 11.0. The first-order chi connectivity index (χ1) is 22.4. The van der Waals surface area contributed by atoms with Crippen LogP contribution in [0.2, 0.25) is 0 Å². The standard InChI is InChI=1S/C37H51BN4O5/c1-9-42(27(6)37(45)46-8)38(47-28(7)26(4)5)34(23-25(2)3)41-36(44)33(24-29-17-12-10-13-18-29)40-35(43)32-22-16-21-31(39-32)30-19-14-11-15-20-30/h10-22,25-28,33-34H,9,23-24H2,1-8H3,(H,40,43)(H,41,44)/t27-,28+,33+,34+/m1/s1. The van der Waals surface area contributed by atoms with Crippen LogP contribution >= 0.6 is 0 Å². The van der Waals surface area contributed by atoms with Crippen molar-refractivity contribution in [3.63, 3.8) is 0 Å². The Hall–Kier alpha value is -4.02. The Balaban J connectivity index is 1.97. The van der Waals surface area contributed by atoms with Crippen LogP contribution in [-0.2, 0) is 25.4 Å². The molecule has 9 nitrogen and oxygen atoms in total. The largest absolute Gasteiger partial charge is 0.468 e. The highest BCUT2D eigenvalue weighted by Gasteiger charge is 2.42. The molecular weight excluding hydrogens is 591 g/mol. The van der Waals surface area contributed by atoms with Crippen LogP contribution in [0.4, 0.5) is 0 Å². The molecule has 3 rings (SSSR count). The molecule has 0 fully saturated rings. The lowest BCUT2D eigenvalue weighted by atomic mass is 9.65. The molecule has 0 saturated carbocycles. The summed E-state index contributed by atoms with van der Waals surface area (Å²) in [6.45, 7) is 14.5. The molecule has 0 aliphatic carbocycles. The van der Waals surface area contributed by atoms with Crippen LogP contribution < -0.4 is 10.6 Å². The van der Waals surface area contributed by atoms with Crippen LogP contribution in [0.3, 0.4) is 0 Å². The van der Waals surface area contributed by atoms with Gasteiger partial charge in [-0.1, -0.05) is 101 Å². The molecule has 10 heteroatoms. The molecule has 4 atom stereocenters. The lowest BCUT2D eigenvalue weighted by Crippen LogP contribution is -2.64. The number of benzene rings is 2. The van der Waals surface area contributed by atoms with Crippen molar-refractivity contribution >= 4 is 24.8 Å². The minimum absolute atomic E-state index is 0.159. The molecule has 1 heterocycles. The smallest absolute Gasteiger partial charge is 0.407 e. The summed E-state index contributed by atoms with van der Waals surface area (Å²) in [5, 5.41) is 6.21. The van der Waals surface area contributed by atoms with Gasteiger partial charge in [0.1, 0.15) is 11.7 Å². The number of hydrogen-bond donors (Lipinski definition) is 2. The van der Waals surface area contributed by atoms with Crippen LogP contribution in [0.25, 0.3) is 11.3 Å². The molecule has 0 unspecified atom stereocenters. The van der Waals surface area contributed by atoms with Gasteiger partial charge in [-0.15, -0.1) is 0 Å². The Labute approximate surface area is 281 Å². The van der Waals surface area contributed by atoms with Gasteiger partial charge in [0.2, 0.25) is 5.91 Å². The van der Waals surface area contributed by atoms with Gasteiger partial charge in [0.25, 0.3) is 5.91 Å². The molecule has 2 N–H and O–H groups in total. The summed E-state index contributed by atoms with van der Waals surface area (Å²) < 4.78 is 11.7. The van der Waals surface area contributed by atoms with Crippen molar-refractivity contribution in [3.8, 4) is 11.3 Å². The highest BCUT2D eigenvalue weighted by atomic mass is 16.5. The van der Waals surface area contributed by atoms with Crippen LogP contribution in [0, 0.1) is 11.8 Å². The van der Waals surface area contributed by atoms with Gasteiger partial charge >= 0.3 is 13.0 Å². The first-order valence-corrected chi connectivity index (χ1v) is 16.6. The normalized spacial score (nSPS) is 13.9. The van der Waals surface area contributed by atoms with Gasteiger partial charge in [-0.3, -0.25) is 14.4 Å². The van der Waals surface area contributed by atoms with Crippen molar-refractivity contribution in [2.45, 2.75) is 85.4 Å². The van der Waals surface area contributed by atoms with Crippen molar-refractivity contribution in [2.75, 3.05) is 13.7 Å². The second-order valence-corrected chi connectivity index (χ2v) is 12.7. The molecule has 0 bridgehead atoms. The quantitative estimate of drug-likeness (QED) is 0.146. The fourth-order valence-corrected chi connectivity index (χ4v) is 5.42. The third-order valence-corrected chi connectivity index (χ3v) is 8.38. The zero-order valence-corrected chi connectivity index (χ0v) is 29.1. The molecule has 1 aromatic heterocycles. The number of carbonyl (C=O) groups is 3. The summed E-state index contributed by atoms with van der Waals surface area (Å²) in [5.41, 5.74) is 2.67. The number of nitrogens with zero attached hydrogens (tertiary/aromatic N) is 2. The van der Waals surface area contributed by atoms with E-state index in [0.717, 1.165) is 11.1 Å². The number of aromatic nitrogens is 1. The topological polar surface area (TPSA) is 110 Å². The molecule has 252 valence electrons. The van der Waals surface area contributed by atoms with Crippen molar-refractivity contribution in [3.05, 3.63) is 90.1 Å². The van der Waals surface area contributed by atoms with Crippen molar-refractivity contribution in [1.82, 2.24) is 20.4 Å². The lowest BCUT2D eigenvalue weighted by Gasteiger charge is -2.39. The molecule has 3 aromatic rings. The van der Waals surface area contributed by atoms with Crippen molar-refractivity contribution < 1.29 is 23.8 Å². The van der Waals surface area contributed by atoms with Gasteiger partial charge in [-0.05, 0) is 56.3 Å². The molecule has 0 spiro atoms. The second-order valence-electron chi connectivity index (χ2n) is 12.7. The zero-order chi connectivity index (χ0) is 34.5. The Morgan fingerprint density at radius 1 is 0.851 bits per heavy atom. The number of likely N-dealkylation sites (N-methyl/N-ethyl adjacent to an activating group) is 1. The van der Waals surface area contributed by atoms with E-state index in [4.69, 9.17) is 9.39 Å². The molecule has 2 amide bonds. The van der Waals surface area contributed by atoms with Gasteiger partial charge in [-0.25, -0.2) is 4.98 Å². The van der Waals surface area contributed by atoms with E-state index in [1.54, 1.807) is 19.1 Å². The van der Waals surface area contributed by atoms with E-state index < -0.39 is 31.0 Å². The van der Waals surface area contributed by atoms with Gasteiger partial charge in [0, 0.05) is 18.1 Å². The number of ether oxygens (including phenoxy) is 1. The average Bonchev–Trinajstić information content (AvgIpc) is 3.07. The molecular formula is C37H51BN4O5. The Morgan fingerprint density at radius 2 is 1.49 bits per heavy atom. The van der Waals surface area contributed by atoms with Gasteiger partial charge < -0.3 is 24.8 Å². The van der Waals surface area contributed by atoms with Crippen molar-refractivity contribution in [2.24, 2.45) is 11.8 Å². The first kappa shape index (κ1) is 37.4. The Bertz CT molecular complexity index is 1420. The fraction of sp³-hybridized carbons (Fsp3) is 0.459. The minimum atomic E-state index is -0.905. The SMILES string of the molecule is CCN(B(O[C@@H](C)C(C)C)[C@H](CC(C)C)NC(=O)[C@H](Cc1ccccc1)NC(=O)c1cccc(-c2ccccc2)n1)[C@H](C)C(=O)OC.